The molecular weight excluding hydrogens is 138 g/mol. The number of rotatable bonds is 2. The first-order valence-corrected chi connectivity index (χ1v) is 3.90. The monoisotopic (exact) mass is 153 g/mol. The first kappa shape index (κ1) is 11.5. The number of hydrogen-bond acceptors (Lipinski definition) is 3. The average Bonchev–Trinajstić information content (AvgIpc) is 1.71. The van der Waals surface area contributed by atoms with Crippen LogP contribution < -0.4 is 5.32 Å². The Morgan fingerprint density at radius 2 is 1.38 bits per heavy atom. The van der Waals surface area contributed by atoms with E-state index in [0.717, 1.165) is 17.9 Å². The molecule has 0 unspecified atom stereocenters. The Bertz CT molecular complexity index is 24.4. The Hall–Kier alpha value is 0.660. The summed E-state index contributed by atoms with van der Waals surface area (Å²) in [5, 5.41) is 2.75. The molecule has 0 aromatic rings. The molecule has 0 aliphatic rings. The maximum atomic E-state index is 3.95. The van der Waals surface area contributed by atoms with E-state index in [1.165, 1.54) is 0 Å². The van der Waals surface area contributed by atoms with Crippen LogP contribution >= 0.6 is 25.3 Å². The lowest BCUT2D eigenvalue weighted by atomic mass is 10.6. The van der Waals surface area contributed by atoms with Gasteiger partial charge in [-0.15, -0.1) is 0 Å². The molecule has 0 saturated heterocycles. The molecule has 8 heavy (non-hydrogen) atoms. The molecule has 0 spiro atoms. The van der Waals surface area contributed by atoms with Gasteiger partial charge in [0.2, 0.25) is 0 Å². The summed E-state index contributed by atoms with van der Waals surface area (Å²) in [6, 6.07) is 0. The lowest BCUT2D eigenvalue weighted by Gasteiger charge is -1.78. The van der Waals surface area contributed by atoms with Crippen LogP contribution in [0.3, 0.4) is 0 Å². The molecule has 0 atom stereocenters. The first-order valence-electron chi connectivity index (χ1n) is 2.63. The smallest absolute Gasteiger partial charge is 0.00901 e. The molecule has 0 radical (unpaired) electrons. The lowest BCUT2D eigenvalue weighted by Crippen LogP contribution is -1.89. The molecule has 0 saturated carbocycles. The fourth-order valence-corrected chi connectivity index (χ4v) is 0.636. The van der Waals surface area contributed by atoms with E-state index in [-0.39, 0.29) is 0 Å². The van der Waals surface area contributed by atoms with E-state index in [4.69, 9.17) is 0 Å². The molecule has 0 bridgehead atoms. The van der Waals surface area contributed by atoms with Crippen LogP contribution in [0.15, 0.2) is 0 Å². The quantitative estimate of drug-likeness (QED) is 0.504. The van der Waals surface area contributed by atoms with Crippen molar-refractivity contribution in [3.05, 3.63) is 0 Å². The highest BCUT2D eigenvalue weighted by molar-refractivity contribution is 7.81. The van der Waals surface area contributed by atoms with Gasteiger partial charge in [-0.3, -0.25) is 0 Å². The van der Waals surface area contributed by atoms with Crippen molar-refractivity contribution in [1.29, 1.82) is 0 Å². The highest BCUT2D eigenvalue weighted by Crippen LogP contribution is 1.83. The molecule has 0 rings (SSSR count). The molecule has 3 heteroatoms. The molecule has 0 aliphatic heterocycles. The van der Waals surface area contributed by atoms with Crippen LogP contribution in [0, 0.1) is 0 Å². The third-order valence-corrected chi connectivity index (χ3v) is 0.949. The number of nitrogens with one attached hydrogen (secondary N) is 1. The standard InChI is InChI=1S/C3H8S2.C2H7N/c4-2-1-3-5;1-3-2/h4-5H,1-3H2;3H,1-2H3. The average molecular weight is 153 g/mol. The Morgan fingerprint density at radius 3 is 1.38 bits per heavy atom. The summed E-state index contributed by atoms with van der Waals surface area (Å²) in [5.74, 6) is 1.92. The van der Waals surface area contributed by atoms with E-state index < -0.39 is 0 Å². The van der Waals surface area contributed by atoms with Crippen LogP contribution in [-0.2, 0) is 0 Å². The molecule has 0 aromatic heterocycles. The summed E-state index contributed by atoms with van der Waals surface area (Å²) in [6.07, 6.45) is 1.12. The minimum absolute atomic E-state index is 0.962. The van der Waals surface area contributed by atoms with Gasteiger partial charge in [0.05, 0.1) is 0 Å². The fourth-order valence-electron chi connectivity index (χ4n) is 0.0707. The minimum atomic E-state index is 0.962. The van der Waals surface area contributed by atoms with E-state index in [1.54, 1.807) is 0 Å². The van der Waals surface area contributed by atoms with Gasteiger partial charge in [-0.2, -0.15) is 25.3 Å². The molecule has 1 N–H and O–H groups in total. The Morgan fingerprint density at radius 1 is 1.12 bits per heavy atom. The first-order chi connectivity index (χ1) is 3.83. The Balaban J connectivity index is 0. The summed E-state index contributed by atoms with van der Waals surface area (Å²) in [4.78, 5) is 0. The second-order valence-corrected chi connectivity index (χ2v) is 2.20. The van der Waals surface area contributed by atoms with E-state index in [9.17, 15) is 0 Å². The number of hydrogen-bond donors (Lipinski definition) is 3. The molecule has 1 nitrogen and oxygen atoms in total. The predicted molar refractivity (Wildman–Crippen MR) is 47.3 cm³/mol. The predicted octanol–water partition coefficient (Wildman–Crippen LogP) is 1.07. The van der Waals surface area contributed by atoms with Gasteiger partial charge >= 0.3 is 0 Å². The lowest BCUT2D eigenvalue weighted by molar-refractivity contribution is 1.02. The Labute approximate surface area is 63.1 Å². The SMILES string of the molecule is CNC.SCCCS. The largest absolute Gasteiger partial charge is 0.323 e. The van der Waals surface area contributed by atoms with Gasteiger partial charge in [-0.05, 0) is 32.0 Å². The molecular formula is C5H15NS2. The molecule has 0 amide bonds. The Kier molecular flexibility index (Phi) is 22.4. The van der Waals surface area contributed by atoms with Crippen molar-refractivity contribution in [2.75, 3.05) is 25.6 Å². The maximum Gasteiger partial charge on any atom is -0.00901 e. The molecule has 0 heterocycles. The van der Waals surface area contributed by atoms with Crippen LogP contribution in [0.25, 0.3) is 0 Å². The molecule has 52 valence electrons. The zero-order valence-electron chi connectivity index (χ0n) is 5.52. The second-order valence-electron chi connectivity index (χ2n) is 1.30. The normalized spacial score (nSPS) is 7.50. The van der Waals surface area contributed by atoms with Crippen molar-refractivity contribution in [3.8, 4) is 0 Å². The maximum absolute atomic E-state index is 3.95. The van der Waals surface area contributed by atoms with E-state index in [1.807, 2.05) is 14.1 Å². The topological polar surface area (TPSA) is 12.0 Å². The van der Waals surface area contributed by atoms with Gasteiger partial charge < -0.3 is 5.32 Å². The summed E-state index contributed by atoms with van der Waals surface area (Å²) < 4.78 is 0. The van der Waals surface area contributed by atoms with Crippen LogP contribution in [0.2, 0.25) is 0 Å². The van der Waals surface area contributed by atoms with Crippen molar-refractivity contribution in [2.45, 2.75) is 6.42 Å². The third kappa shape index (κ3) is 30.2. The summed E-state index contributed by atoms with van der Waals surface area (Å²) in [7, 11) is 3.75. The van der Waals surface area contributed by atoms with Crippen molar-refractivity contribution in [3.63, 3.8) is 0 Å². The summed E-state index contributed by atoms with van der Waals surface area (Å²) in [5.41, 5.74) is 0. The van der Waals surface area contributed by atoms with Crippen molar-refractivity contribution >= 4 is 25.3 Å². The van der Waals surface area contributed by atoms with Crippen LogP contribution in [-0.4, -0.2) is 25.6 Å². The highest BCUT2D eigenvalue weighted by Gasteiger charge is 1.69. The van der Waals surface area contributed by atoms with Gasteiger partial charge in [-0.1, -0.05) is 0 Å². The zero-order chi connectivity index (χ0) is 6.83. The molecule has 0 aromatic carbocycles. The van der Waals surface area contributed by atoms with Gasteiger partial charge in [0, 0.05) is 0 Å². The minimum Gasteiger partial charge on any atom is -0.323 e. The van der Waals surface area contributed by atoms with Crippen molar-refractivity contribution < 1.29 is 0 Å². The summed E-state index contributed by atoms with van der Waals surface area (Å²) in [6.45, 7) is 0. The van der Waals surface area contributed by atoms with E-state index >= 15 is 0 Å². The van der Waals surface area contributed by atoms with Gasteiger partial charge in [0.15, 0.2) is 0 Å². The van der Waals surface area contributed by atoms with Crippen LogP contribution in [0.5, 0.6) is 0 Å². The highest BCUT2D eigenvalue weighted by atomic mass is 32.1. The fraction of sp³-hybridized carbons (Fsp3) is 1.00. The summed E-state index contributed by atoms with van der Waals surface area (Å²) >= 11 is 7.90. The van der Waals surface area contributed by atoms with Gasteiger partial charge in [0.1, 0.15) is 0 Å². The van der Waals surface area contributed by atoms with Gasteiger partial charge in [-0.25, -0.2) is 0 Å². The van der Waals surface area contributed by atoms with Crippen molar-refractivity contribution in [2.24, 2.45) is 0 Å². The van der Waals surface area contributed by atoms with E-state index in [0.29, 0.717) is 0 Å². The molecule has 0 fully saturated rings. The number of thiol groups is 2. The van der Waals surface area contributed by atoms with Crippen molar-refractivity contribution in [1.82, 2.24) is 5.32 Å². The second kappa shape index (κ2) is 15.6. The third-order valence-electron chi connectivity index (χ3n) is 0.316. The van der Waals surface area contributed by atoms with Gasteiger partial charge in [0.25, 0.3) is 0 Å². The van der Waals surface area contributed by atoms with Crippen LogP contribution in [0.4, 0.5) is 0 Å². The van der Waals surface area contributed by atoms with Crippen LogP contribution in [0.1, 0.15) is 6.42 Å². The zero-order valence-corrected chi connectivity index (χ0v) is 7.30. The van der Waals surface area contributed by atoms with E-state index in [2.05, 4.69) is 30.6 Å². The molecule has 0 aliphatic carbocycles.